The van der Waals surface area contributed by atoms with Gasteiger partial charge in [0.1, 0.15) is 0 Å². The van der Waals surface area contributed by atoms with E-state index in [9.17, 15) is 9.59 Å². The predicted octanol–water partition coefficient (Wildman–Crippen LogP) is 5.52. The summed E-state index contributed by atoms with van der Waals surface area (Å²) in [6.45, 7) is 0. The standard InChI is InChI=1S/C23H20BrNO2/c24-18-11-13-19(14-12-18)25-20-7-4-8-21(26)23(20)17(15-22(25)27)10-9-16-5-2-1-3-6-16/h1-3,5-6,9-14,17H,4,7-8,15H2/b10-9+. The molecular weight excluding hydrogens is 402 g/mol. The molecule has 1 amide bonds. The number of allylic oxidation sites excluding steroid dienone is 3. The van der Waals surface area contributed by atoms with Crippen molar-refractivity contribution >= 4 is 39.4 Å². The van der Waals surface area contributed by atoms with E-state index in [2.05, 4.69) is 15.9 Å². The van der Waals surface area contributed by atoms with E-state index in [-0.39, 0.29) is 17.6 Å². The number of amides is 1. The number of benzene rings is 2. The Kier molecular flexibility index (Phi) is 5.08. The molecule has 4 heteroatoms. The van der Waals surface area contributed by atoms with Crippen molar-refractivity contribution in [2.45, 2.75) is 25.7 Å². The molecule has 0 bridgehead atoms. The molecule has 0 radical (unpaired) electrons. The second-order valence-corrected chi connectivity index (χ2v) is 7.84. The Morgan fingerprint density at radius 2 is 1.70 bits per heavy atom. The van der Waals surface area contributed by atoms with Crippen LogP contribution in [0, 0.1) is 5.92 Å². The van der Waals surface area contributed by atoms with Crippen molar-refractivity contribution in [3.05, 3.63) is 82.0 Å². The quantitative estimate of drug-likeness (QED) is 0.653. The number of nitrogens with zero attached hydrogens (tertiary/aromatic N) is 1. The van der Waals surface area contributed by atoms with Gasteiger partial charge in [0.15, 0.2) is 5.78 Å². The molecule has 1 atom stereocenters. The summed E-state index contributed by atoms with van der Waals surface area (Å²) >= 11 is 3.44. The summed E-state index contributed by atoms with van der Waals surface area (Å²) in [5.41, 5.74) is 3.60. The SMILES string of the molecule is O=C1CCCC2=C1C(/C=C/c1ccccc1)CC(=O)N2c1ccc(Br)cc1. The number of carbonyl (C=O) groups excluding carboxylic acids is 2. The third kappa shape index (κ3) is 3.67. The van der Waals surface area contributed by atoms with Crippen LogP contribution in [0.3, 0.4) is 0 Å². The number of carbonyl (C=O) groups is 2. The minimum atomic E-state index is -0.146. The second-order valence-electron chi connectivity index (χ2n) is 6.92. The van der Waals surface area contributed by atoms with Crippen molar-refractivity contribution < 1.29 is 9.59 Å². The van der Waals surface area contributed by atoms with E-state index < -0.39 is 0 Å². The fraction of sp³-hybridized carbons (Fsp3) is 0.217. The van der Waals surface area contributed by atoms with Gasteiger partial charge < -0.3 is 0 Å². The first-order valence-corrected chi connectivity index (χ1v) is 10.0. The normalized spacial score (nSPS) is 20.3. The average molecular weight is 422 g/mol. The number of Topliss-reactive ketones (excluding diaryl/α,β-unsaturated/α-hetero) is 1. The van der Waals surface area contributed by atoms with E-state index in [4.69, 9.17) is 0 Å². The number of hydrogen-bond donors (Lipinski definition) is 0. The van der Waals surface area contributed by atoms with Gasteiger partial charge in [-0.3, -0.25) is 14.5 Å². The summed E-state index contributed by atoms with van der Waals surface area (Å²) < 4.78 is 0.966. The van der Waals surface area contributed by atoms with Crippen LogP contribution in [0.25, 0.3) is 6.08 Å². The highest BCUT2D eigenvalue weighted by molar-refractivity contribution is 9.10. The molecule has 0 saturated carbocycles. The number of rotatable bonds is 3. The maximum absolute atomic E-state index is 13.0. The number of ketones is 1. The van der Waals surface area contributed by atoms with Crippen LogP contribution in [0.4, 0.5) is 5.69 Å². The molecule has 4 rings (SSSR count). The van der Waals surface area contributed by atoms with Crippen LogP contribution in [-0.2, 0) is 9.59 Å². The zero-order valence-electron chi connectivity index (χ0n) is 14.9. The fourth-order valence-corrected chi connectivity index (χ4v) is 4.14. The van der Waals surface area contributed by atoms with E-state index in [1.807, 2.05) is 66.7 Å². The maximum Gasteiger partial charge on any atom is 0.232 e. The third-order valence-corrected chi connectivity index (χ3v) is 5.65. The lowest BCUT2D eigenvalue weighted by Crippen LogP contribution is -2.40. The number of hydrogen-bond acceptors (Lipinski definition) is 2. The van der Waals surface area contributed by atoms with Gasteiger partial charge in [0.2, 0.25) is 5.91 Å². The highest BCUT2D eigenvalue weighted by Gasteiger charge is 2.37. The summed E-state index contributed by atoms with van der Waals surface area (Å²) in [6, 6.07) is 17.7. The highest BCUT2D eigenvalue weighted by atomic mass is 79.9. The maximum atomic E-state index is 13.0. The van der Waals surface area contributed by atoms with Crippen LogP contribution in [0.5, 0.6) is 0 Å². The molecule has 1 aliphatic heterocycles. The molecule has 0 spiro atoms. The summed E-state index contributed by atoms with van der Waals surface area (Å²) in [5, 5.41) is 0. The number of anilines is 1. The van der Waals surface area contributed by atoms with E-state index >= 15 is 0 Å². The third-order valence-electron chi connectivity index (χ3n) is 5.12. The molecule has 136 valence electrons. The smallest absolute Gasteiger partial charge is 0.232 e. The Bertz CT molecular complexity index is 929. The van der Waals surface area contributed by atoms with E-state index in [1.54, 1.807) is 4.90 Å². The van der Waals surface area contributed by atoms with Crippen LogP contribution in [0.15, 0.2) is 76.4 Å². The first kappa shape index (κ1) is 17.9. The van der Waals surface area contributed by atoms with Crippen LogP contribution >= 0.6 is 15.9 Å². The minimum Gasteiger partial charge on any atom is -0.294 e. The average Bonchev–Trinajstić information content (AvgIpc) is 2.68. The van der Waals surface area contributed by atoms with Crippen LogP contribution in [0.1, 0.15) is 31.2 Å². The molecule has 0 saturated heterocycles. The first-order chi connectivity index (χ1) is 13.1. The molecule has 27 heavy (non-hydrogen) atoms. The van der Waals surface area contributed by atoms with Crippen molar-refractivity contribution in [2.75, 3.05) is 4.90 Å². The van der Waals surface area contributed by atoms with Gasteiger partial charge in [0, 0.05) is 40.2 Å². The summed E-state index contributed by atoms with van der Waals surface area (Å²) in [5.74, 6) is 0.0780. The molecule has 0 aromatic heterocycles. The lowest BCUT2D eigenvalue weighted by Gasteiger charge is -2.37. The molecule has 1 unspecified atom stereocenters. The first-order valence-electron chi connectivity index (χ1n) is 9.21. The minimum absolute atomic E-state index is 0.0495. The second kappa shape index (κ2) is 7.65. The Labute approximate surface area is 167 Å². The van der Waals surface area contributed by atoms with E-state index in [0.717, 1.165) is 39.8 Å². The van der Waals surface area contributed by atoms with Gasteiger partial charge in [0.05, 0.1) is 0 Å². The van der Waals surface area contributed by atoms with Gasteiger partial charge in [-0.25, -0.2) is 0 Å². The molecule has 2 aromatic carbocycles. The zero-order valence-corrected chi connectivity index (χ0v) is 16.5. The molecule has 2 aliphatic rings. The molecule has 0 fully saturated rings. The van der Waals surface area contributed by atoms with E-state index in [1.165, 1.54) is 0 Å². The number of halogens is 1. The Morgan fingerprint density at radius 1 is 0.963 bits per heavy atom. The van der Waals surface area contributed by atoms with Gasteiger partial charge in [0.25, 0.3) is 0 Å². The Morgan fingerprint density at radius 3 is 2.44 bits per heavy atom. The van der Waals surface area contributed by atoms with Crippen molar-refractivity contribution in [2.24, 2.45) is 5.92 Å². The van der Waals surface area contributed by atoms with Crippen molar-refractivity contribution in [3.8, 4) is 0 Å². The molecule has 0 N–H and O–H groups in total. The molecule has 2 aromatic rings. The van der Waals surface area contributed by atoms with Crippen LogP contribution in [-0.4, -0.2) is 11.7 Å². The monoisotopic (exact) mass is 421 g/mol. The van der Waals surface area contributed by atoms with Crippen LogP contribution < -0.4 is 4.90 Å². The predicted molar refractivity (Wildman–Crippen MR) is 111 cm³/mol. The van der Waals surface area contributed by atoms with Crippen molar-refractivity contribution in [1.29, 1.82) is 0 Å². The Balaban J connectivity index is 1.74. The van der Waals surface area contributed by atoms with Gasteiger partial charge >= 0.3 is 0 Å². The van der Waals surface area contributed by atoms with E-state index in [0.29, 0.717) is 12.8 Å². The van der Waals surface area contributed by atoms with Crippen LogP contribution in [0.2, 0.25) is 0 Å². The Hall–Kier alpha value is -2.46. The molecule has 3 nitrogen and oxygen atoms in total. The fourth-order valence-electron chi connectivity index (χ4n) is 3.88. The summed E-state index contributed by atoms with van der Waals surface area (Å²) in [6.07, 6.45) is 6.48. The van der Waals surface area contributed by atoms with Gasteiger partial charge in [-0.2, -0.15) is 0 Å². The highest BCUT2D eigenvalue weighted by Crippen LogP contribution is 2.39. The summed E-state index contributed by atoms with van der Waals surface area (Å²) in [4.78, 5) is 27.5. The molecular formula is C23H20BrNO2. The van der Waals surface area contributed by atoms with Gasteiger partial charge in [-0.1, -0.05) is 58.4 Å². The molecule has 1 aliphatic carbocycles. The largest absolute Gasteiger partial charge is 0.294 e. The summed E-state index contributed by atoms with van der Waals surface area (Å²) in [7, 11) is 0. The topological polar surface area (TPSA) is 37.4 Å². The lowest BCUT2D eigenvalue weighted by atomic mass is 9.80. The lowest BCUT2D eigenvalue weighted by molar-refractivity contribution is -0.120. The van der Waals surface area contributed by atoms with Crippen molar-refractivity contribution in [1.82, 2.24) is 0 Å². The van der Waals surface area contributed by atoms with Gasteiger partial charge in [-0.15, -0.1) is 0 Å². The van der Waals surface area contributed by atoms with Crippen molar-refractivity contribution in [3.63, 3.8) is 0 Å². The molecule has 1 heterocycles. The zero-order chi connectivity index (χ0) is 18.8. The van der Waals surface area contributed by atoms with Gasteiger partial charge in [-0.05, 0) is 42.7 Å².